The Morgan fingerprint density at radius 1 is 1.09 bits per heavy atom. The lowest BCUT2D eigenvalue weighted by atomic mass is 10.1. The molecule has 2 aromatic carbocycles. The van der Waals surface area contributed by atoms with Gasteiger partial charge in [0, 0.05) is 39.7 Å². The van der Waals surface area contributed by atoms with Gasteiger partial charge in [-0.2, -0.15) is 0 Å². The first-order valence-corrected chi connectivity index (χ1v) is 11.1. The molecule has 9 nitrogen and oxygen atoms in total. The molecule has 2 heterocycles. The maximum Gasteiger partial charge on any atom is 0.411 e. The van der Waals surface area contributed by atoms with E-state index >= 15 is 0 Å². The zero-order valence-corrected chi connectivity index (χ0v) is 19.1. The molecule has 0 aliphatic heterocycles. The summed E-state index contributed by atoms with van der Waals surface area (Å²) in [5.41, 5.74) is 1.52. The summed E-state index contributed by atoms with van der Waals surface area (Å²) >= 11 is 1.32. The minimum absolute atomic E-state index is 0.152. The minimum Gasteiger partial charge on any atom is -0.497 e. The molecule has 0 aliphatic carbocycles. The van der Waals surface area contributed by atoms with Crippen LogP contribution in [-0.4, -0.2) is 30.8 Å². The first kappa shape index (κ1) is 23.0. The number of methoxy groups -OCH3 is 1. The summed E-state index contributed by atoms with van der Waals surface area (Å²) in [6.45, 7) is 1.77. The molecule has 0 radical (unpaired) electrons. The molecule has 4 rings (SSSR count). The normalized spacial score (nSPS) is 10.6. The predicted octanol–water partition coefficient (Wildman–Crippen LogP) is 4.85. The number of benzene rings is 2. The number of carbonyl (C=O) groups is 2. The molecule has 0 aliphatic rings. The number of ether oxygens (including phenoxy) is 3. The maximum atomic E-state index is 12.6. The molecular weight excluding hydrogens is 460 g/mol. The number of anilines is 1. The van der Waals surface area contributed by atoms with Crippen molar-refractivity contribution >= 4 is 40.1 Å². The molecule has 1 amide bonds. The van der Waals surface area contributed by atoms with Gasteiger partial charge in [-0.15, -0.1) is 11.3 Å². The number of thiazole rings is 1. The highest BCUT2D eigenvalue weighted by Gasteiger charge is 2.15. The third-order valence-corrected chi connectivity index (χ3v) is 5.65. The fourth-order valence-corrected chi connectivity index (χ4v) is 3.96. The largest absolute Gasteiger partial charge is 0.497 e. The fourth-order valence-electron chi connectivity index (χ4n) is 3.16. The van der Waals surface area contributed by atoms with Gasteiger partial charge < -0.3 is 18.6 Å². The van der Waals surface area contributed by atoms with Crippen LogP contribution in [0.4, 0.5) is 10.5 Å². The molecule has 0 saturated carbocycles. The lowest BCUT2D eigenvalue weighted by Gasteiger charge is -2.09. The zero-order valence-electron chi connectivity index (χ0n) is 18.3. The third kappa shape index (κ3) is 5.24. The molecule has 0 unspecified atom stereocenters. The Bertz CT molecular complexity index is 1390. The number of nitrogens with one attached hydrogen (secondary N) is 1. The van der Waals surface area contributed by atoms with E-state index in [4.69, 9.17) is 18.6 Å². The van der Waals surface area contributed by atoms with Crippen LogP contribution in [0.5, 0.6) is 5.75 Å². The van der Waals surface area contributed by atoms with Crippen LogP contribution < -0.4 is 15.7 Å². The van der Waals surface area contributed by atoms with Gasteiger partial charge in [0.25, 0.3) is 0 Å². The highest BCUT2D eigenvalue weighted by Crippen LogP contribution is 2.27. The number of hydrogen-bond donors (Lipinski definition) is 1. The molecule has 0 bridgehead atoms. The van der Waals surface area contributed by atoms with Crippen molar-refractivity contribution in [3.05, 3.63) is 75.6 Å². The van der Waals surface area contributed by atoms with Gasteiger partial charge in [-0.25, -0.2) is 19.4 Å². The van der Waals surface area contributed by atoms with E-state index in [2.05, 4.69) is 10.3 Å². The van der Waals surface area contributed by atoms with Crippen LogP contribution in [0.15, 0.2) is 63.1 Å². The van der Waals surface area contributed by atoms with Crippen LogP contribution in [-0.2, 0) is 16.1 Å². The molecule has 0 saturated heterocycles. The second-order valence-corrected chi connectivity index (χ2v) is 7.85. The third-order valence-electron chi connectivity index (χ3n) is 4.76. The van der Waals surface area contributed by atoms with Gasteiger partial charge in [0.1, 0.15) is 22.9 Å². The Hall–Kier alpha value is -4.18. The molecule has 1 N–H and O–H groups in total. The van der Waals surface area contributed by atoms with Crippen molar-refractivity contribution < 1.29 is 28.2 Å². The zero-order chi connectivity index (χ0) is 24.1. The lowest BCUT2D eigenvalue weighted by molar-refractivity contribution is 0.0468. The Kier molecular flexibility index (Phi) is 6.88. The number of nitrogens with zero attached hydrogens (tertiary/aromatic N) is 1. The van der Waals surface area contributed by atoms with Gasteiger partial charge >= 0.3 is 17.7 Å². The molecule has 10 heteroatoms. The first-order chi connectivity index (χ1) is 16.5. The van der Waals surface area contributed by atoms with Crippen molar-refractivity contribution in [2.24, 2.45) is 0 Å². The van der Waals surface area contributed by atoms with Crippen LogP contribution in [0, 0.1) is 0 Å². The molecule has 2 aromatic heterocycles. The number of amides is 1. The summed E-state index contributed by atoms with van der Waals surface area (Å²) in [5.74, 6) is 0.112. The van der Waals surface area contributed by atoms with Gasteiger partial charge in [0.2, 0.25) is 0 Å². The number of rotatable bonds is 7. The Morgan fingerprint density at radius 2 is 1.88 bits per heavy atom. The van der Waals surface area contributed by atoms with E-state index in [9.17, 15) is 14.4 Å². The SMILES string of the molecule is CCOC(=O)Nc1ccc2c(COC(=O)c3csc(-c4ccc(OC)cc4)n3)cc(=O)oc2c1. The van der Waals surface area contributed by atoms with E-state index in [1.54, 1.807) is 31.5 Å². The molecule has 174 valence electrons. The summed E-state index contributed by atoms with van der Waals surface area (Å²) in [4.78, 5) is 40.6. The molecule has 0 fully saturated rings. The number of hydrogen-bond acceptors (Lipinski definition) is 9. The van der Waals surface area contributed by atoms with E-state index < -0.39 is 17.7 Å². The van der Waals surface area contributed by atoms with Gasteiger partial charge in [-0.3, -0.25) is 5.32 Å². The highest BCUT2D eigenvalue weighted by atomic mass is 32.1. The van der Waals surface area contributed by atoms with E-state index in [1.807, 2.05) is 24.3 Å². The lowest BCUT2D eigenvalue weighted by Crippen LogP contribution is -2.13. The number of esters is 1. The van der Waals surface area contributed by atoms with Crippen molar-refractivity contribution in [3.63, 3.8) is 0 Å². The number of fused-ring (bicyclic) bond motifs is 1. The summed E-state index contributed by atoms with van der Waals surface area (Å²) < 4.78 is 20.6. The first-order valence-electron chi connectivity index (χ1n) is 10.2. The number of aromatic nitrogens is 1. The summed E-state index contributed by atoms with van der Waals surface area (Å²) in [7, 11) is 1.59. The van der Waals surface area contributed by atoms with Crippen LogP contribution >= 0.6 is 11.3 Å². The van der Waals surface area contributed by atoms with Crippen molar-refractivity contribution in [1.82, 2.24) is 4.98 Å². The molecule has 4 aromatic rings. The second kappa shape index (κ2) is 10.2. The predicted molar refractivity (Wildman–Crippen MR) is 126 cm³/mol. The van der Waals surface area contributed by atoms with Gasteiger partial charge in [-0.1, -0.05) is 0 Å². The van der Waals surface area contributed by atoms with Crippen LogP contribution in [0.3, 0.4) is 0 Å². The van der Waals surface area contributed by atoms with E-state index in [1.165, 1.54) is 23.5 Å². The van der Waals surface area contributed by atoms with Crippen molar-refractivity contribution in [2.45, 2.75) is 13.5 Å². The van der Waals surface area contributed by atoms with Crippen LogP contribution in [0.25, 0.3) is 21.5 Å². The van der Waals surface area contributed by atoms with Gasteiger partial charge in [0.05, 0.1) is 13.7 Å². The van der Waals surface area contributed by atoms with Crippen molar-refractivity contribution in [1.29, 1.82) is 0 Å². The maximum absolute atomic E-state index is 12.6. The van der Waals surface area contributed by atoms with Crippen molar-refractivity contribution in [2.75, 3.05) is 19.0 Å². The molecule has 0 spiro atoms. The van der Waals surface area contributed by atoms with Gasteiger partial charge in [-0.05, 0) is 43.3 Å². The summed E-state index contributed by atoms with van der Waals surface area (Å²) in [6.07, 6.45) is -0.619. The van der Waals surface area contributed by atoms with E-state index in [0.717, 1.165) is 11.3 Å². The Labute approximate surface area is 197 Å². The van der Waals surface area contributed by atoms with E-state index in [0.29, 0.717) is 21.6 Å². The standard InChI is InChI=1S/C24H20N2O7S/c1-3-31-24(29)25-16-6-9-18-15(10-21(27)33-20(18)11-16)12-32-23(28)19-13-34-22(26-19)14-4-7-17(30-2)8-5-14/h4-11,13H,3,12H2,1-2H3,(H,25,29). The molecule has 34 heavy (non-hydrogen) atoms. The van der Waals surface area contributed by atoms with Gasteiger partial charge in [0.15, 0.2) is 5.69 Å². The smallest absolute Gasteiger partial charge is 0.411 e. The molecular formula is C24H20N2O7S. The fraction of sp³-hybridized carbons (Fsp3) is 0.167. The van der Waals surface area contributed by atoms with E-state index in [-0.39, 0.29) is 24.5 Å². The second-order valence-electron chi connectivity index (χ2n) is 6.99. The highest BCUT2D eigenvalue weighted by molar-refractivity contribution is 7.13. The molecule has 0 atom stereocenters. The Morgan fingerprint density at radius 3 is 2.62 bits per heavy atom. The average molecular weight is 480 g/mol. The number of carbonyl (C=O) groups excluding carboxylic acids is 2. The quantitative estimate of drug-likeness (QED) is 0.295. The average Bonchev–Trinajstić information content (AvgIpc) is 3.32. The minimum atomic E-state index is -0.619. The Balaban J connectivity index is 1.48. The van der Waals surface area contributed by atoms with Crippen molar-refractivity contribution in [3.8, 4) is 16.3 Å². The summed E-state index contributed by atoms with van der Waals surface area (Å²) in [6, 6.07) is 13.4. The summed E-state index contributed by atoms with van der Waals surface area (Å²) in [5, 5.41) is 5.40. The van der Waals surface area contributed by atoms with Crippen LogP contribution in [0.2, 0.25) is 0 Å². The topological polar surface area (TPSA) is 117 Å². The van der Waals surface area contributed by atoms with Crippen LogP contribution in [0.1, 0.15) is 23.0 Å². The monoisotopic (exact) mass is 480 g/mol.